The molecule has 1 heterocycles. The molecule has 164 valence electrons. The maximum atomic E-state index is 12.7. The Morgan fingerprint density at radius 2 is 1.90 bits per heavy atom. The lowest BCUT2D eigenvalue weighted by molar-refractivity contribution is -0.143. The Kier molecular flexibility index (Phi) is 10.2. The number of amides is 1. The number of thiocarbonyl (C=S) groups is 1. The number of hydrogen-bond donors (Lipinski definition) is 0. The van der Waals surface area contributed by atoms with Crippen LogP contribution in [0.2, 0.25) is 0 Å². The predicted molar refractivity (Wildman–Crippen MR) is 124 cm³/mol. The highest BCUT2D eigenvalue weighted by Gasteiger charge is 2.31. The van der Waals surface area contributed by atoms with E-state index in [9.17, 15) is 9.59 Å². The Labute approximate surface area is 187 Å². The SMILES string of the molecule is CCCCOC(=O)CCCCCN1C(=O)C(=Cc2ccc(OC)c(OC)c2)SC1=S. The Morgan fingerprint density at radius 3 is 2.60 bits per heavy atom. The van der Waals surface area contributed by atoms with Crippen LogP contribution >= 0.6 is 24.0 Å². The molecular weight excluding hydrogens is 422 g/mol. The van der Waals surface area contributed by atoms with E-state index in [4.69, 9.17) is 26.4 Å². The van der Waals surface area contributed by atoms with Gasteiger partial charge in [-0.05, 0) is 43.0 Å². The third kappa shape index (κ3) is 7.02. The highest BCUT2D eigenvalue weighted by atomic mass is 32.2. The summed E-state index contributed by atoms with van der Waals surface area (Å²) in [4.78, 5) is 26.6. The number of esters is 1. The van der Waals surface area contributed by atoms with Crippen LogP contribution in [0.3, 0.4) is 0 Å². The van der Waals surface area contributed by atoms with Crippen molar-refractivity contribution >= 4 is 46.3 Å². The molecule has 8 heteroatoms. The van der Waals surface area contributed by atoms with Gasteiger partial charge in [-0.2, -0.15) is 0 Å². The van der Waals surface area contributed by atoms with Gasteiger partial charge >= 0.3 is 5.97 Å². The third-order valence-corrected chi connectivity index (χ3v) is 5.98. The van der Waals surface area contributed by atoms with Crippen LogP contribution in [0.25, 0.3) is 6.08 Å². The molecule has 0 radical (unpaired) electrons. The summed E-state index contributed by atoms with van der Waals surface area (Å²) in [5, 5.41) is 0. The second kappa shape index (κ2) is 12.6. The molecule has 0 bridgehead atoms. The number of carbonyl (C=O) groups is 2. The summed E-state index contributed by atoms with van der Waals surface area (Å²) in [5.41, 5.74) is 0.842. The molecule has 1 aliphatic heterocycles. The molecule has 1 aliphatic rings. The van der Waals surface area contributed by atoms with E-state index < -0.39 is 0 Å². The van der Waals surface area contributed by atoms with Gasteiger partial charge in [0, 0.05) is 13.0 Å². The number of thioether (sulfide) groups is 1. The van der Waals surface area contributed by atoms with E-state index in [1.165, 1.54) is 11.8 Å². The van der Waals surface area contributed by atoms with Crippen LogP contribution in [-0.2, 0) is 14.3 Å². The fraction of sp³-hybridized carbons (Fsp3) is 0.500. The quantitative estimate of drug-likeness (QED) is 0.196. The average Bonchev–Trinajstić information content (AvgIpc) is 3.00. The van der Waals surface area contributed by atoms with Gasteiger partial charge in [0.15, 0.2) is 11.5 Å². The first-order chi connectivity index (χ1) is 14.5. The van der Waals surface area contributed by atoms with E-state index in [0.29, 0.717) is 40.3 Å². The lowest BCUT2D eigenvalue weighted by Gasteiger charge is -2.14. The first kappa shape index (κ1) is 24.2. The van der Waals surface area contributed by atoms with Crippen LogP contribution in [0.1, 0.15) is 51.0 Å². The van der Waals surface area contributed by atoms with Crippen molar-refractivity contribution in [1.29, 1.82) is 0 Å². The molecule has 1 aromatic carbocycles. The molecule has 0 aromatic heterocycles. The molecule has 1 saturated heterocycles. The van der Waals surface area contributed by atoms with E-state index in [1.807, 2.05) is 18.2 Å². The fourth-order valence-electron chi connectivity index (χ4n) is 2.91. The topological polar surface area (TPSA) is 65.1 Å². The van der Waals surface area contributed by atoms with Crippen LogP contribution in [0.5, 0.6) is 11.5 Å². The zero-order valence-corrected chi connectivity index (χ0v) is 19.4. The Morgan fingerprint density at radius 1 is 1.13 bits per heavy atom. The highest BCUT2D eigenvalue weighted by molar-refractivity contribution is 8.26. The van der Waals surface area contributed by atoms with Gasteiger partial charge < -0.3 is 14.2 Å². The van der Waals surface area contributed by atoms with Crippen LogP contribution in [-0.4, -0.2) is 48.5 Å². The van der Waals surface area contributed by atoms with E-state index >= 15 is 0 Å². The van der Waals surface area contributed by atoms with Crippen molar-refractivity contribution in [2.45, 2.75) is 45.4 Å². The summed E-state index contributed by atoms with van der Waals surface area (Å²) >= 11 is 6.69. The van der Waals surface area contributed by atoms with Crippen molar-refractivity contribution in [3.8, 4) is 11.5 Å². The molecule has 0 spiro atoms. The van der Waals surface area contributed by atoms with Gasteiger partial charge in [0.05, 0.1) is 25.7 Å². The molecule has 0 atom stereocenters. The number of ether oxygens (including phenoxy) is 3. The molecule has 6 nitrogen and oxygen atoms in total. The number of unbranched alkanes of at least 4 members (excludes halogenated alkanes) is 3. The van der Waals surface area contributed by atoms with Crippen molar-refractivity contribution < 1.29 is 23.8 Å². The molecule has 1 amide bonds. The smallest absolute Gasteiger partial charge is 0.305 e. The maximum Gasteiger partial charge on any atom is 0.305 e. The van der Waals surface area contributed by atoms with Gasteiger partial charge in [0.2, 0.25) is 0 Å². The van der Waals surface area contributed by atoms with Gasteiger partial charge in [-0.3, -0.25) is 14.5 Å². The fourth-order valence-corrected chi connectivity index (χ4v) is 4.21. The number of rotatable bonds is 12. The Hall–Kier alpha value is -2.06. The van der Waals surface area contributed by atoms with Crippen LogP contribution in [0, 0.1) is 0 Å². The number of hydrogen-bond acceptors (Lipinski definition) is 7. The highest BCUT2D eigenvalue weighted by Crippen LogP contribution is 2.34. The van der Waals surface area contributed by atoms with Gasteiger partial charge in [-0.25, -0.2) is 0 Å². The number of nitrogens with zero attached hydrogens (tertiary/aromatic N) is 1. The number of benzene rings is 1. The first-order valence-corrected chi connectivity index (χ1v) is 11.4. The van der Waals surface area contributed by atoms with E-state index in [1.54, 1.807) is 25.2 Å². The van der Waals surface area contributed by atoms with Crippen LogP contribution < -0.4 is 9.47 Å². The van der Waals surface area contributed by atoms with Crippen molar-refractivity contribution in [1.82, 2.24) is 4.90 Å². The summed E-state index contributed by atoms with van der Waals surface area (Å²) in [6, 6.07) is 5.50. The van der Waals surface area contributed by atoms with Gasteiger partial charge in [-0.15, -0.1) is 0 Å². The minimum absolute atomic E-state index is 0.0845. The zero-order valence-electron chi connectivity index (χ0n) is 17.8. The summed E-state index contributed by atoms with van der Waals surface area (Å²) in [6.07, 6.45) is 6.53. The molecule has 0 unspecified atom stereocenters. The van der Waals surface area contributed by atoms with Crippen LogP contribution in [0.4, 0.5) is 0 Å². The van der Waals surface area contributed by atoms with Crippen molar-refractivity contribution in [3.05, 3.63) is 28.7 Å². The number of carbonyl (C=O) groups excluding carboxylic acids is 2. The van der Waals surface area contributed by atoms with Crippen molar-refractivity contribution in [2.24, 2.45) is 0 Å². The largest absolute Gasteiger partial charge is 0.493 e. The summed E-state index contributed by atoms with van der Waals surface area (Å²) in [5.74, 6) is 1.01. The molecule has 1 fully saturated rings. The minimum Gasteiger partial charge on any atom is -0.493 e. The van der Waals surface area contributed by atoms with Crippen molar-refractivity contribution in [2.75, 3.05) is 27.4 Å². The predicted octanol–water partition coefficient (Wildman–Crippen LogP) is 4.81. The Bertz CT molecular complexity index is 794. The summed E-state index contributed by atoms with van der Waals surface area (Å²) in [6.45, 7) is 3.11. The third-order valence-electron chi connectivity index (χ3n) is 4.60. The molecular formula is C22H29NO5S2. The molecule has 0 saturated carbocycles. The second-order valence-electron chi connectivity index (χ2n) is 6.83. The maximum absolute atomic E-state index is 12.7. The van der Waals surface area contributed by atoms with Gasteiger partial charge in [-0.1, -0.05) is 49.8 Å². The number of methoxy groups -OCH3 is 2. The van der Waals surface area contributed by atoms with Gasteiger partial charge in [0.1, 0.15) is 4.32 Å². The van der Waals surface area contributed by atoms with Crippen LogP contribution in [0.15, 0.2) is 23.1 Å². The first-order valence-electron chi connectivity index (χ1n) is 10.1. The molecule has 0 aliphatic carbocycles. The van der Waals surface area contributed by atoms with E-state index in [0.717, 1.165) is 37.7 Å². The summed E-state index contributed by atoms with van der Waals surface area (Å²) in [7, 11) is 3.16. The Balaban J connectivity index is 1.83. The lowest BCUT2D eigenvalue weighted by Crippen LogP contribution is -2.29. The zero-order chi connectivity index (χ0) is 21.9. The second-order valence-corrected chi connectivity index (χ2v) is 8.51. The molecule has 30 heavy (non-hydrogen) atoms. The summed E-state index contributed by atoms with van der Waals surface area (Å²) < 4.78 is 16.3. The van der Waals surface area contributed by atoms with Crippen molar-refractivity contribution in [3.63, 3.8) is 0 Å². The standard InChI is InChI=1S/C22H29NO5S2/c1-4-5-13-28-20(24)9-7-6-8-12-23-21(25)19(30-22(23)29)15-16-10-11-17(26-2)18(14-16)27-3/h10-11,14-15H,4-9,12-13H2,1-3H3. The van der Waals surface area contributed by atoms with Gasteiger partial charge in [0.25, 0.3) is 5.91 Å². The molecule has 0 N–H and O–H groups in total. The minimum atomic E-state index is -0.146. The van der Waals surface area contributed by atoms with E-state index in [-0.39, 0.29) is 11.9 Å². The average molecular weight is 452 g/mol. The molecule has 1 aromatic rings. The normalized spacial score (nSPS) is 15.0. The molecule has 2 rings (SSSR count). The van der Waals surface area contributed by atoms with E-state index in [2.05, 4.69) is 6.92 Å². The monoisotopic (exact) mass is 451 g/mol. The lowest BCUT2D eigenvalue weighted by atomic mass is 10.1.